The number of rotatable bonds is 6. The minimum Gasteiger partial charge on any atom is -0.508 e. The van der Waals surface area contributed by atoms with Crippen LogP contribution in [0.25, 0.3) is 11.1 Å². The van der Waals surface area contributed by atoms with Crippen molar-refractivity contribution in [3.8, 4) is 28.4 Å². The third-order valence-corrected chi connectivity index (χ3v) is 4.37. The number of nitrogens with one attached hydrogen (secondary N) is 1. The summed E-state index contributed by atoms with van der Waals surface area (Å²) in [5.74, 6) is 1.57. The van der Waals surface area contributed by atoms with Gasteiger partial charge in [0.1, 0.15) is 17.2 Å². The predicted molar refractivity (Wildman–Crippen MR) is 94.7 cm³/mol. The molecule has 3 rings (SSSR count). The van der Waals surface area contributed by atoms with Gasteiger partial charge in [-0.1, -0.05) is 18.6 Å². The minimum atomic E-state index is 0.186. The van der Waals surface area contributed by atoms with Crippen molar-refractivity contribution < 1.29 is 14.6 Å². The lowest BCUT2D eigenvalue weighted by Gasteiger charge is -2.23. The molecule has 1 unspecified atom stereocenters. The Kier molecular flexibility index (Phi) is 5.59. The van der Waals surface area contributed by atoms with Crippen LogP contribution in [-0.2, 0) is 0 Å². The van der Waals surface area contributed by atoms with E-state index >= 15 is 0 Å². The maximum atomic E-state index is 9.97. The standard InChI is InChI=1S/C20H24NO3/c1-23-19-7-5-15(6-8-19)16-12-18(22)14-20(13-16)24-11-9-17-4-2-3-10-21-17/h5-8,12,14,17,21-22H,2-4,9-11H2,1H3. The first kappa shape index (κ1) is 16.7. The average molecular weight is 326 g/mol. The molecule has 0 amide bonds. The highest BCUT2D eigenvalue weighted by Gasteiger charge is 2.12. The molecule has 1 radical (unpaired) electrons. The zero-order chi connectivity index (χ0) is 16.8. The zero-order valence-electron chi connectivity index (χ0n) is 14.0. The van der Waals surface area contributed by atoms with Gasteiger partial charge in [0.05, 0.1) is 13.7 Å². The van der Waals surface area contributed by atoms with E-state index in [9.17, 15) is 5.11 Å². The first-order valence-electron chi connectivity index (χ1n) is 8.51. The Morgan fingerprint density at radius 1 is 1.21 bits per heavy atom. The molecule has 1 saturated heterocycles. The third kappa shape index (κ3) is 4.42. The molecular formula is C20H24NO3. The largest absolute Gasteiger partial charge is 0.508 e. The van der Waals surface area contributed by atoms with E-state index in [2.05, 4.69) is 11.4 Å². The second-order valence-corrected chi connectivity index (χ2v) is 6.13. The van der Waals surface area contributed by atoms with Crippen molar-refractivity contribution in [2.75, 3.05) is 20.3 Å². The van der Waals surface area contributed by atoms with E-state index in [-0.39, 0.29) is 5.75 Å². The van der Waals surface area contributed by atoms with Gasteiger partial charge in [-0.05, 0) is 55.1 Å². The number of benzene rings is 2. The molecule has 127 valence electrons. The molecule has 24 heavy (non-hydrogen) atoms. The molecule has 0 spiro atoms. The lowest BCUT2D eigenvalue weighted by molar-refractivity contribution is 0.267. The Morgan fingerprint density at radius 2 is 2.04 bits per heavy atom. The fourth-order valence-corrected chi connectivity index (χ4v) is 3.01. The first-order chi connectivity index (χ1) is 11.7. The van der Waals surface area contributed by atoms with Crippen molar-refractivity contribution in [1.82, 2.24) is 5.32 Å². The molecule has 0 aromatic heterocycles. The van der Waals surface area contributed by atoms with Gasteiger partial charge < -0.3 is 19.9 Å². The molecule has 0 bridgehead atoms. The molecule has 1 aliphatic rings. The molecule has 1 atom stereocenters. The Balaban J connectivity index is 1.64. The van der Waals surface area contributed by atoms with Gasteiger partial charge in [0.15, 0.2) is 0 Å². The van der Waals surface area contributed by atoms with Crippen molar-refractivity contribution in [2.45, 2.75) is 31.7 Å². The van der Waals surface area contributed by atoms with Crippen LogP contribution in [0.1, 0.15) is 25.7 Å². The molecule has 4 nitrogen and oxygen atoms in total. The molecule has 1 heterocycles. The van der Waals surface area contributed by atoms with Gasteiger partial charge in [-0.2, -0.15) is 0 Å². The Hall–Kier alpha value is -2.20. The lowest BCUT2D eigenvalue weighted by Crippen LogP contribution is -2.35. The molecule has 2 aromatic carbocycles. The molecular weight excluding hydrogens is 302 g/mol. The van der Waals surface area contributed by atoms with Crippen LogP contribution in [-0.4, -0.2) is 31.4 Å². The topological polar surface area (TPSA) is 50.7 Å². The zero-order valence-corrected chi connectivity index (χ0v) is 14.0. The van der Waals surface area contributed by atoms with E-state index in [0.717, 1.165) is 29.8 Å². The molecule has 2 aromatic rings. The number of methoxy groups -OCH3 is 1. The monoisotopic (exact) mass is 326 g/mol. The average Bonchev–Trinajstić information content (AvgIpc) is 2.62. The summed E-state index contributed by atoms with van der Waals surface area (Å²) in [6.07, 6.45) is 4.74. The van der Waals surface area contributed by atoms with Crippen LogP contribution in [0.3, 0.4) is 0 Å². The van der Waals surface area contributed by atoms with Crippen LogP contribution in [0.5, 0.6) is 17.2 Å². The second-order valence-electron chi connectivity index (χ2n) is 6.13. The fraction of sp³-hybridized carbons (Fsp3) is 0.400. The van der Waals surface area contributed by atoms with Crippen molar-refractivity contribution in [3.63, 3.8) is 0 Å². The van der Waals surface area contributed by atoms with Crippen molar-refractivity contribution >= 4 is 0 Å². The van der Waals surface area contributed by atoms with Gasteiger partial charge >= 0.3 is 0 Å². The van der Waals surface area contributed by atoms with Gasteiger partial charge in [0.25, 0.3) is 0 Å². The van der Waals surface area contributed by atoms with Crippen molar-refractivity contribution in [1.29, 1.82) is 0 Å². The van der Waals surface area contributed by atoms with Crippen LogP contribution in [0.15, 0.2) is 36.4 Å². The number of phenolic OH excluding ortho intramolecular Hbond substituents is 1. The van der Waals surface area contributed by atoms with E-state index < -0.39 is 0 Å². The van der Waals surface area contributed by atoms with Crippen molar-refractivity contribution in [3.05, 3.63) is 42.5 Å². The van der Waals surface area contributed by atoms with Crippen LogP contribution in [0.2, 0.25) is 0 Å². The van der Waals surface area contributed by atoms with Gasteiger partial charge in [0.2, 0.25) is 0 Å². The summed E-state index contributed by atoms with van der Waals surface area (Å²) >= 11 is 0. The normalized spacial score (nSPS) is 17.5. The lowest BCUT2D eigenvalue weighted by atomic mass is 10.0. The highest BCUT2D eigenvalue weighted by atomic mass is 16.5. The Morgan fingerprint density at radius 3 is 2.75 bits per heavy atom. The van der Waals surface area contributed by atoms with E-state index in [4.69, 9.17) is 9.47 Å². The Bertz CT molecular complexity index is 648. The van der Waals surface area contributed by atoms with Gasteiger partial charge in [0, 0.05) is 18.2 Å². The summed E-state index contributed by atoms with van der Waals surface area (Å²) in [6, 6.07) is 14.7. The SMILES string of the molecule is COc1ccc(-c2[c]c(OCCC3CCCCN3)cc(O)c2)cc1. The van der Waals surface area contributed by atoms with E-state index in [0.29, 0.717) is 18.4 Å². The van der Waals surface area contributed by atoms with Crippen LogP contribution in [0, 0.1) is 6.07 Å². The molecule has 0 saturated carbocycles. The van der Waals surface area contributed by atoms with Crippen LogP contribution < -0.4 is 14.8 Å². The van der Waals surface area contributed by atoms with E-state index in [1.807, 2.05) is 24.3 Å². The van der Waals surface area contributed by atoms with Gasteiger partial charge in [-0.15, -0.1) is 0 Å². The summed E-state index contributed by atoms with van der Waals surface area (Å²) in [5.41, 5.74) is 1.77. The highest BCUT2D eigenvalue weighted by Crippen LogP contribution is 2.29. The molecule has 0 aliphatic carbocycles. The number of ether oxygens (including phenoxy) is 2. The molecule has 4 heteroatoms. The van der Waals surface area contributed by atoms with E-state index in [1.54, 1.807) is 19.2 Å². The number of hydrogen-bond donors (Lipinski definition) is 2. The molecule has 1 fully saturated rings. The number of phenols is 1. The quantitative estimate of drug-likeness (QED) is 0.848. The maximum absolute atomic E-state index is 9.97. The van der Waals surface area contributed by atoms with Crippen LogP contribution >= 0.6 is 0 Å². The summed E-state index contributed by atoms with van der Waals surface area (Å²) in [5, 5.41) is 13.5. The first-order valence-corrected chi connectivity index (χ1v) is 8.51. The smallest absolute Gasteiger partial charge is 0.131 e. The third-order valence-electron chi connectivity index (χ3n) is 4.37. The maximum Gasteiger partial charge on any atom is 0.131 e. The number of piperidine rings is 1. The summed E-state index contributed by atoms with van der Waals surface area (Å²) < 4.78 is 11.0. The number of aromatic hydroxyl groups is 1. The van der Waals surface area contributed by atoms with E-state index in [1.165, 1.54) is 19.3 Å². The minimum absolute atomic E-state index is 0.186. The van der Waals surface area contributed by atoms with Gasteiger partial charge in [-0.25, -0.2) is 0 Å². The number of hydrogen-bond acceptors (Lipinski definition) is 4. The fourth-order valence-electron chi connectivity index (χ4n) is 3.01. The molecule has 2 N–H and O–H groups in total. The summed E-state index contributed by atoms with van der Waals surface area (Å²) in [6.45, 7) is 1.73. The molecule has 1 aliphatic heterocycles. The van der Waals surface area contributed by atoms with Crippen LogP contribution in [0.4, 0.5) is 0 Å². The second kappa shape index (κ2) is 8.06. The highest BCUT2D eigenvalue weighted by molar-refractivity contribution is 5.67. The summed E-state index contributed by atoms with van der Waals surface area (Å²) in [7, 11) is 1.64. The Labute approximate surface area is 143 Å². The van der Waals surface area contributed by atoms with Crippen molar-refractivity contribution in [2.24, 2.45) is 0 Å². The van der Waals surface area contributed by atoms with Gasteiger partial charge in [-0.3, -0.25) is 0 Å². The predicted octanol–water partition coefficient (Wildman–Crippen LogP) is 3.78. The summed E-state index contributed by atoms with van der Waals surface area (Å²) in [4.78, 5) is 0.